The highest BCUT2D eigenvalue weighted by Crippen LogP contribution is 2.19. The third-order valence-corrected chi connectivity index (χ3v) is 3.34. The zero-order chi connectivity index (χ0) is 15.9. The first-order chi connectivity index (χ1) is 9.86. The van der Waals surface area contributed by atoms with Crippen molar-refractivity contribution in [3.63, 3.8) is 0 Å². The van der Waals surface area contributed by atoms with E-state index in [9.17, 15) is 14.7 Å². The molecule has 5 nitrogen and oxygen atoms in total. The molecule has 5 heteroatoms. The van der Waals surface area contributed by atoms with Crippen LogP contribution in [0.25, 0.3) is 0 Å². The van der Waals surface area contributed by atoms with Gasteiger partial charge in [-0.1, -0.05) is 44.2 Å². The van der Waals surface area contributed by atoms with Crippen LogP contribution in [0.2, 0.25) is 0 Å². The zero-order valence-electron chi connectivity index (χ0n) is 12.5. The number of nitrogens with one attached hydrogen (secondary N) is 1. The summed E-state index contributed by atoms with van der Waals surface area (Å²) in [6.45, 7) is 3.08. The van der Waals surface area contributed by atoms with Crippen LogP contribution in [0, 0.1) is 5.41 Å². The number of benzene rings is 1. The van der Waals surface area contributed by atoms with E-state index in [2.05, 4.69) is 5.32 Å². The highest BCUT2D eigenvalue weighted by atomic mass is 16.3. The van der Waals surface area contributed by atoms with Gasteiger partial charge >= 0.3 is 0 Å². The molecule has 0 fully saturated rings. The molecule has 1 rings (SSSR count). The second-order valence-corrected chi connectivity index (χ2v) is 5.79. The Bertz CT molecular complexity index is 470. The maximum absolute atomic E-state index is 11.8. The maximum Gasteiger partial charge on any atom is 0.249 e. The van der Waals surface area contributed by atoms with Crippen molar-refractivity contribution in [2.75, 3.05) is 13.2 Å². The van der Waals surface area contributed by atoms with E-state index in [4.69, 9.17) is 5.11 Å². The Kier molecular flexibility index (Phi) is 6.52. The average Bonchev–Trinajstić information content (AvgIpc) is 2.47. The molecule has 0 unspecified atom stereocenters. The lowest BCUT2D eigenvalue weighted by molar-refractivity contribution is -0.137. The van der Waals surface area contributed by atoms with E-state index in [1.54, 1.807) is 13.8 Å². The minimum absolute atomic E-state index is 0.0254. The smallest absolute Gasteiger partial charge is 0.249 e. The number of carbonyl (C=O) groups excluding carboxylic acids is 2. The molecule has 1 amide bonds. The Labute approximate surface area is 125 Å². The van der Waals surface area contributed by atoms with Gasteiger partial charge in [0.25, 0.3) is 0 Å². The number of aliphatic hydroxyl groups excluding tert-OH is 2. The molecular weight excluding hydrogens is 270 g/mol. The Morgan fingerprint density at radius 1 is 1.24 bits per heavy atom. The van der Waals surface area contributed by atoms with Crippen molar-refractivity contribution in [2.24, 2.45) is 5.41 Å². The van der Waals surface area contributed by atoms with Gasteiger partial charge in [0.1, 0.15) is 11.9 Å². The van der Waals surface area contributed by atoms with Crippen LogP contribution < -0.4 is 5.32 Å². The number of amides is 1. The fourth-order valence-corrected chi connectivity index (χ4v) is 1.78. The number of hydrogen-bond donors (Lipinski definition) is 3. The van der Waals surface area contributed by atoms with Crippen LogP contribution >= 0.6 is 0 Å². The lowest BCUT2D eigenvalue weighted by Crippen LogP contribution is -2.46. The fraction of sp³-hybridized carbons (Fsp3) is 0.500. The summed E-state index contributed by atoms with van der Waals surface area (Å²) < 4.78 is 0. The van der Waals surface area contributed by atoms with Crippen molar-refractivity contribution in [2.45, 2.75) is 32.8 Å². The summed E-state index contributed by atoms with van der Waals surface area (Å²) >= 11 is 0. The summed E-state index contributed by atoms with van der Waals surface area (Å²) in [4.78, 5) is 23.5. The number of ketones is 1. The Balaban J connectivity index is 2.33. The molecule has 0 saturated carbocycles. The van der Waals surface area contributed by atoms with Crippen LogP contribution in [-0.4, -0.2) is 41.2 Å². The molecule has 0 aromatic heterocycles. The van der Waals surface area contributed by atoms with E-state index in [0.717, 1.165) is 5.56 Å². The Hall–Kier alpha value is -1.72. The molecule has 1 aromatic carbocycles. The lowest BCUT2D eigenvalue weighted by atomic mass is 9.87. The average molecular weight is 293 g/mol. The number of Topliss-reactive ketones (excluding diaryl/α,β-unsaturated/α-hetero) is 1. The number of hydrogen-bond acceptors (Lipinski definition) is 4. The molecule has 1 aromatic rings. The van der Waals surface area contributed by atoms with E-state index in [1.807, 2.05) is 30.3 Å². The molecule has 21 heavy (non-hydrogen) atoms. The third kappa shape index (κ3) is 5.65. The first-order valence-corrected chi connectivity index (χ1v) is 6.99. The van der Waals surface area contributed by atoms with E-state index >= 15 is 0 Å². The number of carbonyl (C=O) groups is 2. The maximum atomic E-state index is 11.8. The third-order valence-electron chi connectivity index (χ3n) is 3.34. The predicted molar refractivity (Wildman–Crippen MR) is 79.7 cm³/mol. The molecule has 0 spiro atoms. The molecule has 116 valence electrons. The molecule has 0 aliphatic heterocycles. The van der Waals surface area contributed by atoms with Gasteiger partial charge in [0.15, 0.2) is 0 Å². The Morgan fingerprint density at radius 3 is 2.43 bits per heavy atom. The summed E-state index contributed by atoms with van der Waals surface area (Å²) in [5.41, 5.74) is 0.0354. The molecule has 0 radical (unpaired) electrons. The summed E-state index contributed by atoms with van der Waals surface area (Å²) in [5.74, 6) is -0.543. The molecule has 0 bridgehead atoms. The molecular formula is C16H23NO4. The molecule has 3 N–H and O–H groups in total. The minimum atomic E-state index is -1.30. The van der Waals surface area contributed by atoms with Gasteiger partial charge < -0.3 is 15.5 Å². The molecule has 0 heterocycles. The van der Waals surface area contributed by atoms with Crippen LogP contribution in [0.1, 0.15) is 25.8 Å². The van der Waals surface area contributed by atoms with Crippen molar-refractivity contribution in [1.82, 2.24) is 5.32 Å². The quantitative estimate of drug-likeness (QED) is 0.658. The molecule has 0 aliphatic rings. The van der Waals surface area contributed by atoms with Gasteiger partial charge in [-0.05, 0) is 5.56 Å². The van der Waals surface area contributed by atoms with Crippen LogP contribution in [0.15, 0.2) is 30.3 Å². The standard InChI is InChI=1S/C16H23NO4/c1-16(2,11-18)14(20)15(21)17-9-8-13(19)10-12-6-4-3-5-7-12/h3-7,14,18,20H,8-11H2,1-2H3,(H,17,21)/t14-/m0/s1. The first-order valence-electron chi connectivity index (χ1n) is 6.99. The highest BCUT2D eigenvalue weighted by molar-refractivity contribution is 5.83. The van der Waals surface area contributed by atoms with E-state index in [0.29, 0.717) is 6.42 Å². The zero-order valence-corrected chi connectivity index (χ0v) is 12.5. The van der Waals surface area contributed by atoms with Crippen molar-refractivity contribution in [1.29, 1.82) is 0 Å². The van der Waals surface area contributed by atoms with Gasteiger partial charge in [-0.2, -0.15) is 0 Å². The predicted octanol–water partition coefficient (Wildman–Crippen LogP) is 0.684. The van der Waals surface area contributed by atoms with Gasteiger partial charge in [0.05, 0.1) is 6.61 Å². The van der Waals surface area contributed by atoms with Crippen molar-refractivity contribution in [3.05, 3.63) is 35.9 Å². The van der Waals surface area contributed by atoms with E-state index in [1.165, 1.54) is 0 Å². The van der Waals surface area contributed by atoms with Crippen molar-refractivity contribution < 1.29 is 19.8 Å². The molecule has 0 aliphatic carbocycles. The van der Waals surface area contributed by atoms with Crippen LogP contribution in [0.5, 0.6) is 0 Å². The van der Waals surface area contributed by atoms with Crippen LogP contribution in [0.4, 0.5) is 0 Å². The van der Waals surface area contributed by atoms with Crippen LogP contribution in [-0.2, 0) is 16.0 Å². The lowest BCUT2D eigenvalue weighted by Gasteiger charge is -2.27. The van der Waals surface area contributed by atoms with E-state index < -0.39 is 17.4 Å². The normalized spacial score (nSPS) is 12.8. The largest absolute Gasteiger partial charge is 0.396 e. The van der Waals surface area contributed by atoms with Gasteiger partial charge in [-0.15, -0.1) is 0 Å². The summed E-state index contributed by atoms with van der Waals surface area (Å²) in [6.07, 6.45) is -0.749. The minimum Gasteiger partial charge on any atom is -0.396 e. The second-order valence-electron chi connectivity index (χ2n) is 5.79. The Morgan fingerprint density at radius 2 is 1.86 bits per heavy atom. The summed E-state index contributed by atoms with van der Waals surface area (Å²) in [5, 5.41) is 21.4. The van der Waals surface area contributed by atoms with E-state index in [-0.39, 0.29) is 25.4 Å². The second kappa shape index (κ2) is 7.90. The summed E-state index contributed by atoms with van der Waals surface area (Å²) in [7, 11) is 0. The van der Waals surface area contributed by atoms with Crippen LogP contribution in [0.3, 0.4) is 0 Å². The first kappa shape index (κ1) is 17.3. The SMILES string of the molecule is CC(C)(CO)[C@@H](O)C(=O)NCCC(=O)Cc1ccccc1. The highest BCUT2D eigenvalue weighted by Gasteiger charge is 2.32. The van der Waals surface area contributed by atoms with Gasteiger partial charge in [0, 0.05) is 24.8 Å². The number of rotatable bonds is 8. The van der Waals surface area contributed by atoms with Crippen molar-refractivity contribution in [3.8, 4) is 0 Å². The van der Waals surface area contributed by atoms with Gasteiger partial charge in [-0.3, -0.25) is 9.59 Å². The molecule has 0 saturated heterocycles. The van der Waals surface area contributed by atoms with Gasteiger partial charge in [-0.25, -0.2) is 0 Å². The topological polar surface area (TPSA) is 86.6 Å². The monoisotopic (exact) mass is 293 g/mol. The van der Waals surface area contributed by atoms with Gasteiger partial charge in [0.2, 0.25) is 5.91 Å². The number of aliphatic hydroxyl groups is 2. The van der Waals surface area contributed by atoms with Crippen molar-refractivity contribution >= 4 is 11.7 Å². The summed E-state index contributed by atoms with van der Waals surface area (Å²) in [6, 6.07) is 9.39. The molecule has 1 atom stereocenters. The fourth-order valence-electron chi connectivity index (χ4n) is 1.78.